The van der Waals surface area contributed by atoms with Crippen LogP contribution in [-0.2, 0) is 16.0 Å². The Morgan fingerprint density at radius 3 is 2.83 bits per heavy atom. The smallest absolute Gasteiger partial charge is 0.220 e. The third kappa shape index (κ3) is 3.90. The van der Waals surface area contributed by atoms with Crippen molar-refractivity contribution in [1.29, 1.82) is 0 Å². The van der Waals surface area contributed by atoms with E-state index in [1.165, 1.54) is 16.8 Å². The lowest BCUT2D eigenvalue weighted by Crippen LogP contribution is -2.43. The fraction of sp³-hybridized carbons (Fsp3) is 0.632. The number of amides is 1. The van der Waals surface area contributed by atoms with Crippen LogP contribution in [0.25, 0.3) is 0 Å². The molecule has 2 heterocycles. The van der Waals surface area contributed by atoms with Crippen LogP contribution < -0.4 is 10.2 Å². The van der Waals surface area contributed by atoms with Gasteiger partial charge in [0.25, 0.3) is 0 Å². The minimum Gasteiger partial charge on any atom is -0.379 e. The van der Waals surface area contributed by atoms with Gasteiger partial charge in [-0.3, -0.25) is 9.69 Å². The van der Waals surface area contributed by atoms with Gasteiger partial charge in [-0.2, -0.15) is 0 Å². The number of hydrogen-bond donors (Lipinski definition) is 1. The second-order valence-electron chi connectivity index (χ2n) is 6.78. The lowest BCUT2D eigenvalue weighted by Gasteiger charge is -2.35. The predicted octanol–water partition coefficient (Wildman–Crippen LogP) is 1.97. The van der Waals surface area contributed by atoms with Crippen LogP contribution in [0, 0.1) is 0 Å². The van der Waals surface area contributed by atoms with Crippen molar-refractivity contribution in [3.05, 3.63) is 29.3 Å². The Bertz CT molecular complexity index is 570. The van der Waals surface area contributed by atoms with Gasteiger partial charge in [-0.25, -0.2) is 0 Å². The Hall–Kier alpha value is -1.59. The van der Waals surface area contributed by atoms with Crippen molar-refractivity contribution in [2.75, 3.05) is 51.3 Å². The summed E-state index contributed by atoms with van der Waals surface area (Å²) in [7, 11) is 2.15. The molecule has 0 spiro atoms. The monoisotopic (exact) mass is 331 g/mol. The van der Waals surface area contributed by atoms with Crippen LogP contribution in [0.1, 0.15) is 36.9 Å². The number of anilines is 1. The van der Waals surface area contributed by atoms with Gasteiger partial charge in [-0.1, -0.05) is 19.1 Å². The number of ether oxygens (including phenoxy) is 1. The Balaban J connectivity index is 1.77. The molecule has 1 amide bonds. The number of nitrogens with zero attached hydrogens (tertiary/aromatic N) is 2. The third-order valence-corrected chi connectivity index (χ3v) is 5.07. The second-order valence-corrected chi connectivity index (χ2v) is 6.78. The van der Waals surface area contributed by atoms with Crippen molar-refractivity contribution in [1.82, 2.24) is 10.2 Å². The lowest BCUT2D eigenvalue weighted by molar-refractivity contribution is -0.121. The number of nitrogens with one attached hydrogen (secondary N) is 1. The lowest BCUT2D eigenvalue weighted by atomic mass is 10.0. The second kappa shape index (κ2) is 7.99. The average molecular weight is 331 g/mol. The van der Waals surface area contributed by atoms with Gasteiger partial charge in [-0.05, 0) is 30.0 Å². The van der Waals surface area contributed by atoms with Crippen LogP contribution in [0.4, 0.5) is 5.69 Å². The number of rotatable bonds is 6. The highest BCUT2D eigenvalue weighted by Crippen LogP contribution is 2.31. The van der Waals surface area contributed by atoms with E-state index in [4.69, 9.17) is 4.74 Å². The summed E-state index contributed by atoms with van der Waals surface area (Å²) in [5.41, 5.74) is 4.07. The molecule has 5 nitrogen and oxygen atoms in total. The highest BCUT2D eigenvalue weighted by Gasteiger charge is 2.25. The van der Waals surface area contributed by atoms with Crippen LogP contribution in [0.3, 0.4) is 0 Å². The summed E-state index contributed by atoms with van der Waals surface area (Å²) in [6.45, 7) is 7.19. The number of hydrogen-bond acceptors (Lipinski definition) is 4. The first-order valence-electron chi connectivity index (χ1n) is 9.11. The Morgan fingerprint density at radius 2 is 2.08 bits per heavy atom. The molecule has 0 saturated carbocycles. The van der Waals surface area contributed by atoms with Gasteiger partial charge in [0, 0.05) is 45.3 Å². The minimum absolute atomic E-state index is 0.150. The van der Waals surface area contributed by atoms with Crippen molar-refractivity contribution in [3.8, 4) is 0 Å². The molecule has 0 aromatic heterocycles. The molecule has 2 aliphatic heterocycles. The normalized spacial score (nSPS) is 19.2. The Morgan fingerprint density at radius 1 is 1.29 bits per heavy atom. The molecule has 1 unspecified atom stereocenters. The molecule has 0 radical (unpaired) electrons. The molecular formula is C19H29N3O2. The Labute approximate surface area is 145 Å². The molecule has 1 aromatic rings. The van der Waals surface area contributed by atoms with E-state index in [1.807, 2.05) is 6.92 Å². The van der Waals surface area contributed by atoms with Crippen LogP contribution in [-0.4, -0.2) is 57.2 Å². The van der Waals surface area contributed by atoms with Crippen LogP contribution in [0.15, 0.2) is 18.2 Å². The molecule has 1 aromatic carbocycles. The van der Waals surface area contributed by atoms with E-state index in [2.05, 4.69) is 40.4 Å². The van der Waals surface area contributed by atoms with Crippen molar-refractivity contribution < 1.29 is 9.53 Å². The number of carbonyl (C=O) groups is 1. The first-order chi connectivity index (χ1) is 11.7. The van der Waals surface area contributed by atoms with Gasteiger partial charge in [0.05, 0.1) is 19.3 Å². The number of carbonyl (C=O) groups excluding carboxylic acids is 1. The number of fused-ring (bicyclic) bond motifs is 1. The van der Waals surface area contributed by atoms with Gasteiger partial charge >= 0.3 is 0 Å². The summed E-state index contributed by atoms with van der Waals surface area (Å²) in [4.78, 5) is 16.7. The summed E-state index contributed by atoms with van der Waals surface area (Å²) < 4.78 is 5.50. The van der Waals surface area contributed by atoms with E-state index < -0.39 is 0 Å². The third-order valence-electron chi connectivity index (χ3n) is 5.07. The van der Waals surface area contributed by atoms with Gasteiger partial charge in [0.2, 0.25) is 5.91 Å². The van der Waals surface area contributed by atoms with E-state index in [-0.39, 0.29) is 11.9 Å². The molecule has 1 N–H and O–H groups in total. The largest absolute Gasteiger partial charge is 0.379 e. The molecule has 0 bridgehead atoms. The molecule has 5 heteroatoms. The number of morpholine rings is 1. The van der Waals surface area contributed by atoms with E-state index in [0.717, 1.165) is 45.7 Å². The maximum Gasteiger partial charge on any atom is 0.220 e. The fourth-order valence-corrected chi connectivity index (χ4v) is 3.67. The fourth-order valence-electron chi connectivity index (χ4n) is 3.67. The first kappa shape index (κ1) is 17.2. The van der Waals surface area contributed by atoms with Gasteiger partial charge in [-0.15, -0.1) is 0 Å². The summed E-state index contributed by atoms with van der Waals surface area (Å²) in [5, 5.41) is 3.12. The van der Waals surface area contributed by atoms with Crippen molar-refractivity contribution in [2.24, 2.45) is 0 Å². The van der Waals surface area contributed by atoms with Crippen LogP contribution in [0.2, 0.25) is 0 Å². The van der Waals surface area contributed by atoms with Crippen LogP contribution in [0.5, 0.6) is 0 Å². The first-order valence-corrected chi connectivity index (χ1v) is 9.11. The highest BCUT2D eigenvalue weighted by molar-refractivity contribution is 5.75. The zero-order chi connectivity index (χ0) is 16.9. The topological polar surface area (TPSA) is 44.8 Å². The van der Waals surface area contributed by atoms with E-state index in [1.54, 1.807) is 0 Å². The van der Waals surface area contributed by atoms with Crippen molar-refractivity contribution in [2.45, 2.75) is 32.2 Å². The summed E-state index contributed by atoms with van der Waals surface area (Å²) in [6.07, 6.45) is 2.60. The maximum absolute atomic E-state index is 11.9. The molecule has 1 atom stereocenters. The predicted molar refractivity (Wildman–Crippen MR) is 96.5 cm³/mol. The molecule has 1 fully saturated rings. The van der Waals surface area contributed by atoms with Gasteiger partial charge < -0.3 is 15.0 Å². The SMILES string of the molecule is CCCC(=O)NCC(c1ccc2c(c1)CCN2C)N1CCOCC1. The van der Waals surface area contributed by atoms with E-state index >= 15 is 0 Å². The van der Waals surface area contributed by atoms with Crippen LogP contribution >= 0.6 is 0 Å². The summed E-state index contributed by atoms with van der Waals surface area (Å²) >= 11 is 0. The van der Waals surface area contributed by atoms with Gasteiger partial charge in [0.15, 0.2) is 0 Å². The molecule has 3 rings (SSSR count). The van der Waals surface area contributed by atoms with E-state index in [0.29, 0.717) is 13.0 Å². The standard InChI is InChI=1S/C19H29N3O2/c1-3-4-19(23)20-14-18(22-9-11-24-12-10-22)15-5-6-17-16(13-15)7-8-21(17)2/h5-6,13,18H,3-4,7-12,14H2,1-2H3,(H,20,23). The Kier molecular flexibility index (Phi) is 5.74. The summed E-state index contributed by atoms with van der Waals surface area (Å²) in [5.74, 6) is 0.150. The zero-order valence-corrected chi connectivity index (χ0v) is 14.9. The molecule has 132 valence electrons. The molecular weight excluding hydrogens is 302 g/mol. The highest BCUT2D eigenvalue weighted by atomic mass is 16.5. The van der Waals surface area contributed by atoms with Gasteiger partial charge in [0.1, 0.15) is 0 Å². The number of likely N-dealkylation sites (N-methyl/N-ethyl adjacent to an activating group) is 1. The average Bonchev–Trinajstić information content (AvgIpc) is 2.97. The van der Waals surface area contributed by atoms with E-state index in [9.17, 15) is 4.79 Å². The maximum atomic E-state index is 11.9. The molecule has 24 heavy (non-hydrogen) atoms. The quantitative estimate of drug-likeness (QED) is 0.866. The molecule has 0 aliphatic carbocycles. The summed E-state index contributed by atoms with van der Waals surface area (Å²) in [6, 6.07) is 7.03. The number of benzene rings is 1. The minimum atomic E-state index is 0.150. The zero-order valence-electron chi connectivity index (χ0n) is 14.9. The van der Waals surface area contributed by atoms with Crippen molar-refractivity contribution in [3.63, 3.8) is 0 Å². The van der Waals surface area contributed by atoms with Crippen molar-refractivity contribution >= 4 is 11.6 Å². The molecule has 1 saturated heterocycles. The molecule has 2 aliphatic rings.